The molecule has 8 heteroatoms. The number of rotatable bonds is 4. The summed E-state index contributed by atoms with van der Waals surface area (Å²) in [6.07, 6.45) is 0. The maximum atomic E-state index is 12.9. The average Bonchev–Trinajstić information content (AvgIpc) is 3.08. The van der Waals surface area contributed by atoms with Gasteiger partial charge in [0.2, 0.25) is 5.91 Å². The van der Waals surface area contributed by atoms with E-state index in [-0.39, 0.29) is 30.9 Å². The van der Waals surface area contributed by atoms with Gasteiger partial charge in [0.25, 0.3) is 11.8 Å². The number of para-hydroxylation sites is 1. The van der Waals surface area contributed by atoms with Crippen molar-refractivity contribution in [1.29, 1.82) is 0 Å². The van der Waals surface area contributed by atoms with E-state index in [4.69, 9.17) is 4.74 Å². The second-order valence-corrected chi connectivity index (χ2v) is 7.01. The van der Waals surface area contributed by atoms with Gasteiger partial charge in [-0.1, -0.05) is 18.2 Å². The second-order valence-electron chi connectivity index (χ2n) is 7.01. The van der Waals surface area contributed by atoms with Crippen molar-refractivity contribution < 1.29 is 19.1 Å². The monoisotopic (exact) mass is 404 g/mol. The van der Waals surface area contributed by atoms with Crippen LogP contribution in [0.15, 0.2) is 54.6 Å². The Morgan fingerprint density at radius 1 is 1.10 bits per heavy atom. The predicted molar refractivity (Wildman–Crippen MR) is 111 cm³/mol. The molecule has 3 aromatic rings. The number of carbonyl (C=O) groups is 3. The normalized spacial score (nSPS) is 12.9. The predicted octanol–water partition coefficient (Wildman–Crippen LogP) is 2.55. The molecule has 0 fully saturated rings. The van der Waals surface area contributed by atoms with Crippen LogP contribution >= 0.6 is 0 Å². The van der Waals surface area contributed by atoms with Crippen molar-refractivity contribution >= 4 is 29.1 Å². The van der Waals surface area contributed by atoms with E-state index in [0.29, 0.717) is 28.4 Å². The number of nitrogens with zero attached hydrogens (tertiary/aromatic N) is 3. The average molecular weight is 404 g/mol. The van der Waals surface area contributed by atoms with Crippen LogP contribution in [-0.2, 0) is 9.59 Å². The molecule has 0 bridgehead atoms. The Bertz CT molecular complexity index is 1140. The zero-order chi connectivity index (χ0) is 21.3. The number of amides is 2. The number of aryl methyl sites for hydroxylation is 2. The second kappa shape index (κ2) is 7.82. The van der Waals surface area contributed by atoms with E-state index in [9.17, 15) is 14.4 Å². The van der Waals surface area contributed by atoms with Gasteiger partial charge in [-0.2, -0.15) is 5.10 Å². The van der Waals surface area contributed by atoms with Gasteiger partial charge in [-0.15, -0.1) is 0 Å². The molecule has 0 spiro atoms. The van der Waals surface area contributed by atoms with Crippen LogP contribution in [0.25, 0.3) is 0 Å². The quantitative estimate of drug-likeness (QED) is 0.721. The third kappa shape index (κ3) is 3.80. The van der Waals surface area contributed by atoms with Crippen molar-refractivity contribution in [3.8, 4) is 5.75 Å². The van der Waals surface area contributed by atoms with Gasteiger partial charge in [0.15, 0.2) is 6.61 Å². The van der Waals surface area contributed by atoms with Crippen LogP contribution < -0.4 is 15.0 Å². The highest BCUT2D eigenvalue weighted by Gasteiger charge is 2.28. The molecular weight excluding hydrogens is 384 g/mol. The van der Waals surface area contributed by atoms with Gasteiger partial charge in [-0.25, -0.2) is 4.68 Å². The highest BCUT2D eigenvalue weighted by Crippen LogP contribution is 2.33. The summed E-state index contributed by atoms with van der Waals surface area (Å²) in [6.45, 7) is 3.24. The molecule has 1 aliphatic rings. The molecule has 0 saturated carbocycles. The van der Waals surface area contributed by atoms with Crippen LogP contribution in [0.4, 0.5) is 11.4 Å². The van der Waals surface area contributed by atoms with Crippen molar-refractivity contribution in [2.75, 3.05) is 23.4 Å². The number of hydrogen-bond acceptors (Lipinski definition) is 5. The number of hydrogen-bond donors (Lipinski definition) is 1. The molecule has 152 valence electrons. The summed E-state index contributed by atoms with van der Waals surface area (Å²) in [5, 5.41) is 6.98. The zero-order valence-electron chi connectivity index (χ0n) is 16.6. The molecule has 0 radical (unpaired) electrons. The van der Waals surface area contributed by atoms with Gasteiger partial charge in [0, 0.05) is 16.9 Å². The molecule has 0 saturated heterocycles. The summed E-state index contributed by atoms with van der Waals surface area (Å²) in [6, 6.07) is 15.6. The SMILES string of the molecule is Cc1cc(C)n(C(=O)c2ccc3c(c2)N(CC(=O)Nc2ccccc2)C(=O)CO3)n1. The highest BCUT2D eigenvalue weighted by molar-refractivity contribution is 6.06. The minimum absolute atomic E-state index is 0.170. The van der Waals surface area contributed by atoms with Gasteiger partial charge >= 0.3 is 0 Å². The summed E-state index contributed by atoms with van der Waals surface area (Å²) in [5.41, 5.74) is 2.80. The van der Waals surface area contributed by atoms with Gasteiger partial charge in [-0.3, -0.25) is 19.3 Å². The van der Waals surface area contributed by atoms with E-state index in [2.05, 4.69) is 10.4 Å². The van der Waals surface area contributed by atoms with Crippen molar-refractivity contribution in [3.63, 3.8) is 0 Å². The fourth-order valence-corrected chi connectivity index (χ4v) is 3.33. The third-order valence-corrected chi connectivity index (χ3v) is 4.71. The van der Waals surface area contributed by atoms with E-state index in [0.717, 1.165) is 5.69 Å². The first-order chi connectivity index (χ1) is 14.4. The number of aromatic nitrogens is 2. The van der Waals surface area contributed by atoms with Crippen LogP contribution in [0.3, 0.4) is 0 Å². The van der Waals surface area contributed by atoms with Crippen molar-refractivity contribution in [2.24, 2.45) is 0 Å². The van der Waals surface area contributed by atoms with E-state index < -0.39 is 0 Å². The van der Waals surface area contributed by atoms with Gasteiger partial charge in [-0.05, 0) is 50.2 Å². The number of ether oxygens (including phenoxy) is 1. The first-order valence-electron chi connectivity index (χ1n) is 9.42. The van der Waals surface area contributed by atoms with Crippen molar-refractivity contribution in [1.82, 2.24) is 9.78 Å². The van der Waals surface area contributed by atoms with Gasteiger partial charge < -0.3 is 10.1 Å². The van der Waals surface area contributed by atoms with Crippen LogP contribution in [0.1, 0.15) is 21.7 Å². The Hall–Kier alpha value is -3.94. The molecule has 1 aliphatic heterocycles. The summed E-state index contributed by atoms with van der Waals surface area (Å²) in [5.74, 6) is -0.596. The van der Waals surface area contributed by atoms with E-state index in [1.165, 1.54) is 9.58 Å². The fraction of sp³-hybridized carbons (Fsp3) is 0.182. The van der Waals surface area contributed by atoms with Crippen LogP contribution in [0.5, 0.6) is 5.75 Å². The standard InChI is InChI=1S/C22H20N4O4/c1-14-10-15(2)26(24-14)22(29)16-8-9-19-18(11-16)25(21(28)13-30-19)12-20(27)23-17-6-4-3-5-7-17/h3-11H,12-13H2,1-2H3,(H,23,27). The van der Waals surface area contributed by atoms with Crippen molar-refractivity contribution in [2.45, 2.75) is 13.8 Å². The Morgan fingerprint density at radius 2 is 1.87 bits per heavy atom. The Balaban J connectivity index is 1.61. The Labute approximate surface area is 173 Å². The Kier molecular flexibility index (Phi) is 5.05. The van der Waals surface area contributed by atoms with Crippen LogP contribution in [0, 0.1) is 13.8 Å². The molecule has 1 N–H and O–H groups in total. The van der Waals surface area contributed by atoms with E-state index in [1.54, 1.807) is 37.3 Å². The summed E-state index contributed by atoms with van der Waals surface area (Å²) in [7, 11) is 0. The molecule has 4 rings (SSSR count). The molecule has 0 unspecified atom stereocenters. The summed E-state index contributed by atoms with van der Waals surface area (Å²) >= 11 is 0. The lowest BCUT2D eigenvalue weighted by atomic mass is 10.1. The zero-order valence-corrected chi connectivity index (χ0v) is 16.6. The number of anilines is 2. The minimum atomic E-state index is -0.360. The molecule has 8 nitrogen and oxygen atoms in total. The summed E-state index contributed by atoms with van der Waals surface area (Å²) < 4.78 is 6.79. The lowest BCUT2D eigenvalue weighted by molar-refractivity contribution is -0.123. The van der Waals surface area contributed by atoms with Crippen molar-refractivity contribution in [3.05, 3.63) is 71.5 Å². The number of fused-ring (bicyclic) bond motifs is 1. The Morgan fingerprint density at radius 3 is 2.57 bits per heavy atom. The molecule has 0 atom stereocenters. The number of nitrogens with one attached hydrogen (secondary N) is 1. The van der Waals surface area contributed by atoms with E-state index >= 15 is 0 Å². The minimum Gasteiger partial charge on any atom is -0.482 e. The molecule has 30 heavy (non-hydrogen) atoms. The van der Waals surface area contributed by atoms with Gasteiger partial charge in [0.1, 0.15) is 12.3 Å². The lowest BCUT2D eigenvalue weighted by Crippen LogP contribution is -2.43. The van der Waals surface area contributed by atoms with Crippen LogP contribution in [-0.4, -0.2) is 40.7 Å². The fourth-order valence-electron chi connectivity index (χ4n) is 3.33. The topological polar surface area (TPSA) is 93.5 Å². The highest BCUT2D eigenvalue weighted by atomic mass is 16.5. The molecule has 2 heterocycles. The first kappa shape index (κ1) is 19.4. The van der Waals surface area contributed by atoms with E-state index in [1.807, 2.05) is 31.2 Å². The smallest absolute Gasteiger partial charge is 0.278 e. The molecule has 2 aromatic carbocycles. The lowest BCUT2D eigenvalue weighted by Gasteiger charge is -2.29. The largest absolute Gasteiger partial charge is 0.482 e. The molecule has 2 amide bonds. The van der Waals surface area contributed by atoms with Gasteiger partial charge in [0.05, 0.1) is 11.4 Å². The maximum Gasteiger partial charge on any atom is 0.278 e. The maximum absolute atomic E-state index is 12.9. The molecule has 1 aromatic heterocycles. The number of carbonyl (C=O) groups excluding carboxylic acids is 3. The third-order valence-electron chi connectivity index (χ3n) is 4.71. The summed E-state index contributed by atoms with van der Waals surface area (Å²) in [4.78, 5) is 39.2. The number of benzene rings is 2. The molecule has 0 aliphatic carbocycles. The molecular formula is C22H20N4O4. The van der Waals surface area contributed by atoms with Crippen LogP contribution in [0.2, 0.25) is 0 Å². The first-order valence-corrected chi connectivity index (χ1v) is 9.42.